The zero-order valence-corrected chi connectivity index (χ0v) is 16.5. The van der Waals surface area contributed by atoms with Crippen LogP contribution in [-0.2, 0) is 25.7 Å². The summed E-state index contributed by atoms with van der Waals surface area (Å²) in [7, 11) is 0. The van der Waals surface area contributed by atoms with Crippen LogP contribution in [0.3, 0.4) is 0 Å². The van der Waals surface area contributed by atoms with Crippen molar-refractivity contribution in [3.8, 4) is 11.5 Å². The zero-order valence-electron chi connectivity index (χ0n) is 15.7. The SMILES string of the molecule is C[C@@H](OC(=O)[C@H]1CS[C@@]2(C)CCC(=O)N12)C(=O)NCc1ccc2c(c1)OCO2. The second-order valence-electron chi connectivity index (χ2n) is 7.25. The lowest BCUT2D eigenvalue weighted by Crippen LogP contribution is -2.48. The molecule has 2 fully saturated rings. The summed E-state index contributed by atoms with van der Waals surface area (Å²) in [6.07, 6.45) is 0.223. The van der Waals surface area contributed by atoms with Crippen LogP contribution in [-0.4, -0.2) is 52.2 Å². The Hall–Kier alpha value is -2.42. The summed E-state index contributed by atoms with van der Waals surface area (Å²) < 4.78 is 15.9. The molecule has 1 N–H and O–H groups in total. The van der Waals surface area contributed by atoms with Crippen molar-refractivity contribution in [1.82, 2.24) is 10.2 Å². The Labute approximate surface area is 166 Å². The molecule has 0 radical (unpaired) electrons. The van der Waals surface area contributed by atoms with Gasteiger partial charge < -0.3 is 24.4 Å². The van der Waals surface area contributed by atoms with Gasteiger partial charge in [-0.3, -0.25) is 9.59 Å². The van der Waals surface area contributed by atoms with Crippen molar-refractivity contribution in [2.75, 3.05) is 12.5 Å². The zero-order chi connectivity index (χ0) is 19.9. The molecule has 4 rings (SSSR count). The highest BCUT2D eigenvalue weighted by atomic mass is 32.2. The number of nitrogens with one attached hydrogen (secondary N) is 1. The lowest BCUT2D eigenvalue weighted by Gasteiger charge is -2.29. The van der Waals surface area contributed by atoms with Crippen LogP contribution < -0.4 is 14.8 Å². The minimum Gasteiger partial charge on any atom is -0.454 e. The summed E-state index contributed by atoms with van der Waals surface area (Å²) in [6, 6.07) is 4.79. The van der Waals surface area contributed by atoms with Crippen molar-refractivity contribution in [3.63, 3.8) is 0 Å². The van der Waals surface area contributed by atoms with Gasteiger partial charge in [0.2, 0.25) is 12.7 Å². The van der Waals surface area contributed by atoms with Gasteiger partial charge in [-0.2, -0.15) is 0 Å². The number of thioether (sulfide) groups is 1. The molecule has 28 heavy (non-hydrogen) atoms. The van der Waals surface area contributed by atoms with E-state index in [-0.39, 0.29) is 24.1 Å². The third kappa shape index (κ3) is 3.39. The third-order valence-corrected chi connectivity index (χ3v) is 6.79. The number of hydrogen-bond donors (Lipinski definition) is 1. The van der Waals surface area contributed by atoms with Crippen molar-refractivity contribution < 1.29 is 28.6 Å². The minimum absolute atomic E-state index is 0.0330. The first kappa shape index (κ1) is 18.9. The maximum absolute atomic E-state index is 12.6. The van der Waals surface area contributed by atoms with E-state index < -0.39 is 24.0 Å². The number of carbonyl (C=O) groups is 3. The minimum atomic E-state index is -0.948. The summed E-state index contributed by atoms with van der Waals surface area (Å²) in [5, 5.41) is 2.75. The molecule has 3 atom stereocenters. The first-order valence-electron chi connectivity index (χ1n) is 9.20. The van der Waals surface area contributed by atoms with Gasteiger partial charge in [0.15, 0.2) is 17.6 Å². The van der Waals surface area contributed by atoms with Crippen LogP contribution >= 0.6 is 11.8 Å². The molecule has 0 bridgehead atoms. The highest BCUT2D eigenvalue weighted by Crippen LogP contribution is 2.47. The molecular formula is C19H22N2O6S. The number of carbonyl (C=O) groups excluding carboxylic acids is 3. The second kappa shape index (κ2) is 7.20. The van der Waals surface area contributed by atoms with E-state index in [1.165, 1.54) is 6.92 Å². The molecule has 0 aliphatic carbocycles. The first-order chi connectivity index (χ1) is 13.4. The molecular weight excluding hydrogens is 384 g/mol. The first-order valence-corrected chi connectivity index (χ1v) is 10.2. The van der Waals surface area contributed by atoms with Gasteiger partial charge in [0.1, 0.15) is 6.04 Å². The summed E-state index contributed by atoms with van der Waals surface area (Å²) in [5.41, 5.74) is 0.849. The van der Waals surface area contributed by atoms with Gasteiger partial charge in [0.25, 0.3) is 5.91 Å². The molecule has 150 valence electrons. The molecule has 2 amide bonds. The highest BCUT2D eigenvalue weighted by Gasteiger charge is 2.53. The van der Waals surface area contributed by atoms with E-state index in [0.29, 0.717) is 23.7 Å². The molecule has 3 aliphatic rings. The van der Waals surface area contributed by atoms with Crippen LogP contribution in [0.4, 0.5) is 0 Å². The lowest BCUT2D eigenvalue weighted by atomic mass is 10.2. The summed E-state index contributed by atoms with van der Waals surface area (Å²) in [4.78, 5) is 38.3. The van der Waals surface area contributed by atoms with Gasteiger partial charge >= 0.3 is 5.97 Å². The molecule has 1 aromatic rings. The highest BCUT2D eigenvalue weighted by molar-refractivity contribution is 8.01. The van der Waals surface area contributed by atoms with Crippen LogP contribution in [0.25, 0.3) is 0 Å². The van der Waals surface area contributed by atoms with Gasteiger partial charge in [-0.1, -0.05) is 6.07 Å². The summed E-state index contributed by atoms with van der Waals surface area (Å²) in [5.74, 6) is 0.851. The standard InChI is InChI=1S/C19H22N2O6S/c1-11(17(23)20-8-12-3-4-14-15(7-12)26-10-25-14)27-18(24)13-9-28-19(2)6-5-16(22)21(13)19/h3-4,7,11,13H,5-6,8-10H2,1-2H3,(H,20,23)/t11-,13-,19+/m1/s1. The smallest absolute Gasteiger partial charge is 0.330 e. The second-order valence-corrected chi connectivity index (χ2v) is 8.75. The number of ether oxygens (including phenoxy) is 3. The molecule has 0 saturated carbocycles. The van der Waals surface area contributed by atoms with E-state index in [4.69, 9.17) is 14.2 Å². The number of fused-ring (bicyclic) bond motifs is 2. The molecule has 0 aromatic heterocycles. The molecule has 2 saturated heterocycles. The molecule has 0 unspecified atom stereocenters. The predicted molar refractivity (Wildman–Crippen MR) is 101 cm³/mol. The normalized spacial score (nSPS) is 26.1. The Bertz CT molecular complexity index is 831. The maximum Gasteiger partial charge on any atom is 0.330 e. The van der Waals surface area contributed by atoms with Gasteiger partial charge in [-0.25, -0.2) is 4.79 Å². The molecule has 8 nitrogen and oxygen atoms in total. The van der Waals surface area contributed by atoms with Crippen LogP contribution in [0.1, 0.15) is 32.3 Å². The molecule has 3 heterocycles. The number of benzene rings is 1. The average molecular weight is 406 g/mol. The largest absolute Gasteiger partial charge is 0.454 e. The predicted octanol–water partition coefficient (Wildman–Crippen LogP) is 1.42. The Morgan fingerprint density at radius 1 is 1.39 bits per heavy atom. The Morgan fingerprint density at radius 3 is 3.00 bits per heavy atom. The molecule has 3 aliphatic heterocycles. The quantitative estimate of drug-likeness (QED) is 0.739. The van der Waals surface area contributed by atoms with Crippen molar-refractivity contribution in [1.29, 1.82) is 0 Å². The maximum atomic E-state index is 12.6. The van der Waals surface area contributed by atoms with E-state index in [9.17, 15) is 14.4 Å². The topological polar surface area (TPSA) is 94.2 Å². The van der Waals surface area contributed by atoms with E-state index >= 15 is 0 Å². The fraction of sp³-hybridized carbons (Fsp3) is 0.526. The number of esters is 1. The monoisotopic (exact) mass is 406 g/mol. The Balaban J connectivity index is 1.31. The van der Waals surface area contributed by atoms with E-state index in [1.807, 2.05) is 13.0 Å². The number of rotatable bonds is 5. The van der Waals surface area contributed by atoms with E-state index in [0.717, 1.165) is 12.0 Å². The average Bonchev–Trinajstić information content (AvgIpc) is 3.34. The van der Waals surface area contributed by atoms with Crippen molar-refractivity contribution in [3.05, 3.63) is 23.8 Å². The van der Waals surface area contributed by atoms with Gasteiger partial charge in [0.05, 0.1) is 4.87 Å². The fourth-order valence-corrected chi connectivity index (χ4v) is 5.10. The van der Waals surface area contributed by atoms with Crippen molar-refractivity contribution >= 4 is 29.5 Å². The summed E-state index contributed by atoms with van der Waals surface area (Å²) >= 11 is 1.59. The Morgan fingerprint density at radius 2 is 2.18 bits per heavy atom. The van der Waals surface area contributed by atoms with Crippen LogP contribution in [0.15, 0.2) is 18.2 Å². The van der Waals surface area contributed by atoms with Crippen molar-refractivity contribution in [2.24, 2.45) is 0 Å². The van der Waals surface area contributed by atoms with Gasteiger partial charge in [0, 0.05) is 18.7 Å². The molecule has 1 aromatic carbocycles. The van der Waals surface area contributed by atoms with Crippen molar-refractivity contribution in [2.45, 2.75) is 50.3 Å². The van der Waals surface area contributed by atoms with Crippen LogP contribution in [0.2, 0.25) is 0 Å². The number of hydrogen-bond acceptors (Lipinski definition) is 7. The van der Waals surface area contributed by atoms with Crippen LogP contribution in [0, 0.1) is 0 Å². The number of amides is 2. The van der Waals surface area contributed by atoms with Gasteiger partial charge in [-0.15, -0.1) is 11.8 Å². The van der Waals surface area contributed by atoms with Gasteiger partial charge in [-0.05, 0) is 38.0 Å². The van der Waals surface area contributed by atoms with E-state index in [1.54, 1.807) is 28.8 Å². The third-order valence-electron chi connectivity index (χ3n) is 5.28. The number of nitrogens with zero attached hydrogens (tertiary/aromatic N) is 1. The van der Waals surface area contributed by atoms with Crippen LogP contribution in [0.5, 0.6) is 11.5 Å². The van der Waals surface area contributed by atoms with E-state index in [2.05, 4.69) is 5.32 Å². The molecule has 9 heteroatoms. The Kier molecular flexibility index (Phi) is 4.86. The molecule has 0 spiro atoms. The summed E-state index contributed by atoms with van der Waals surface area (Å²) in [6.45, 7) is 3.97. The fourth-order valence-electron chi connectivity index (χ4n) is 3.69. The lowest BCUT2D eigenvalue weighted by molar-refractivity contribution is -0.161.